The van der Waals surface area contributed by atoms with Crippen molar-refractivity contribution in [3.63, 3.8) is 0 Å². The van der Waals surface area contributed by atoms with Gasteiger partial charge < -0.3 is 0 Å². The van der Waals surface area contributed by atoms with Gasteiger partial charge in [-0.05, 0) is 52.4 Å². The Morgan fingerprint density at radius 3 is 2.40 bits per heavy atom. The van der Waals surface area contributed by atoms with E-state index < -0.39 is 0 Å². The third-order valence-electron chi connectivity index (χ3n) is 5.19. The third-order valence-corrected chi connectivity index (χ3v) is 6.07. The Bertz CT molecular complexity index is 1190. The highest BCUT2D eigenvalue weighted by molar-refractivity contribution is 7.13. The molecule has 0 atom stereocenters. The van der Waals surface area contributed by atoms with E-state index >= 15 is 0 Å². The minimum atomic E-state index is 0.144. The lowest BCUT2D eigenvalue weighted by Crippen LogP contribution is -2.03. The van der Waals surface area contributed by atoms with Crippen LogP contribution in [-0.2, 0) is 6.42 Å². The minimum Gasteiger partial charge on any atom is -0.289 e. The molecular weight excluding hydrogens is 324 g/mol. The highest BCUT2D eigenvalue weighted by Gasteiger charge is 2.26. The zero-order valence-electron chi connectivity index (χ0n) is 13.9. The Morgan fingerprint density at radius 2 is 1.60 bits per heavy atom. The topological polar surface area (TPSA) is 17.1 Å². The van der Waals surface area contributed by atoms with Crippen molar-refractivity contribution in [3.8, 4) is 21.6 Å². The van der Waals surface area contributed by atoms with E-state index in [4.69, 9.17) is 0 Å². The largest absolute Gasteiger partial charge is 0.289 e. The summed E-state index contributed by atoms with van der Waals surface area (Å²) in [6.07, 6.45) is 0.887. The zero-order chi connectivity index (χ0) is 17.0. The fourth-order valence-electron chi connectivity index (χ4n) is 4.05. The van der Waals surface area contributed by atoms with E-state index in [1.807, 2.05) is 25.1 Å². The Kier molecular flexibility index (Phi) is 3.16. The van der Waals surface area contributed by atoms with Gasteiger partial charge in [0.1, 0.15) is 0 Å². The number of benzene rings is 2. The van der Waals surface area contributed by atoms with Crippen molar-refractivity contribution in [1.29, 1.82) is 0 Å². The van der Waals surface area contributed by atoms with E-state index in [-0.39, 0.29) is 5.43 Å². The molecule has 1 aliphatic carbocycles. The van der Waals surface area contributed by atoms with Crippen LogP contribution >= 0.6 is 11.3 Å². The lowest BCUT2D eigenvalue weighted by Gasteiger charge is -2.07. The first-order chi connectivity index (χ1) is 12.3. The van der Waals surface area contributed by atoms with Crippen molar-refractivity contribution in [1.82, 2.24) is 0 Å². The Morgan fingerprint density at radius 1 is 0.840 bits per heavy atom. The fourth-order valence-corrected chi connectivity index (χ4v) is 4.89. The highest BCUT2D eigenvalue weighted by Crippen LogP contribution is 2.46. The molecule has 0 unspecified atom stereocenters. The molecule has 0 aliphatic heterocycles. The van der Waals surface area contributed by atoms with Crippen molar-refractivity contribution in [2.75, 3.05) is 0 Å². The number of hydrogen-bond acceptors (Lipinski definition) is 2. The van der Waals surface area contributed by atoms with Gasteiger partial charge in [0.2, 0.25) is 0 Å². The van der Waals surface area contributed by atoms with Gasteiger partial charge in [-0.25, -0.2) is 0 Å². The zero-order valence-corrected chi connectivity index (χ0v) is 14.7. The molecule has 120 valence electrons. The van der Waals surface area contributed by atoms with Crippen LogP contribution in [-0.4, -0.2) is 0 Å². The van der Waals surface area contributed by atoms with Crippen LogP contribution in [0.25, 0.3) is 32.3 Å². The smallest absolute Gasteiger partial charge is 0.190 e. The quantitative estimate of drug-likeness (QED) is 0.376. The van der Waals surface area contributed by atoms with E-state index in [1.54, 1.807) is 11.3 Å². The number of fused-ring (bicyclic) bond motifs is 5. The first kappa shape index (κ1) is 14.6. The maximum atomic E-state index is 13.2. The second-order valence-electron chi connectivity index (χ2n) is 6.54. The Balaban J connectivity index is 2.08. The molecule has 0 bridgehead atoms. The fraction of sp³-hybridized carbons (Fsp3) is 0.0870. The predicted octanol–water partition coefficient (Wildman–Crippen LogP) is 5.81. The summed E-state index contributed by atoms with van der Waals surface area (Å²) < 4.78 is 0. The summed E-state index contributed by atoms with van der Waals surface area (Å²) in [6, 6.07) is 20.8. The number of thiophene rings is 1. The average Bonchev–Trinajstić information content (AvgIpc) is 3.28. The second-order valence-corrected chi connectivity index (χ2v) is 7.49. The van der Waals surface area contributed by atoms with Crippen molar-refractivity contribution < 1.29 is 0 Å². The van der Waals surface area contributed by atoms with Crippen LogP contribution in [0.5, 0.6) is 0 Å². The molecule has 1 nitrogen and oxygen atoms in total. The van der Waals surface area contributed by atoms with Gasteiger partial charge in [0.15, 0.2) is 5.43 Å². The average molecular weight is 340 g/mol. The van der Waals surface area contributed by atoms with Crippen molar-refractivity contribution in [2.24, 2.45) is 0 Å². The van der Waals surface area contributed by atoms with Crippen molar-refractivity contribution >= 4 is 22.1 Å². The normalized spacial score (nSPS) is 12.2. The van der Waals surface area contributed by atoms with E-state index in [2.05, 4.69) is 47.8 Å². The molecule has 0 radical (unpaired) electrons. The van der Waals surface area contributed by atoms with E-state index in [9.17, 15) is 4.79 Å². The third kappa shape index (κ3) is 2.04. The Hall–Kier alpha value is -2.71. The molecule has 25 heavy (non-hydrogen) atoms. The van der Waals surface area contributed by atoms with Gasteiger partial charge in [-0.15, -0.1) is 11.3 Å². The van der Waals surface area contributed by atoms with Gasteiger partial charge >= 0.3 is 0 Å². The van der Waals surface area contributed by atoms with Crippen LogP contribution < -0.4 is 5.43 Å². The van der Waals surface area contributed by atoms with E-state index in [0.29, 0.717) is 0 Å². The summed E-state index contributed by atoms with van der Waals surface area (Å²) in [6.45, 7) is 1.98. The Labute approximate surface area is 150 Å². The molecule has 0 saturated heterocycles. The SMILES string of the molecule is Cc1c(-c2cccs2)c2c(c3ccccc3c1=O)Cc1ccccc1-2. The van der Waals surface area contributed by atoms with Gasteiger partial charge in [0.05, 0.1) is 0 Å². The van der Waals surface area contributed by atoms with Gasteiger partial charge in [0.25, 0.3) is 0 Å². The number of hydrogen-bond donors (Lipinski definition) is 0. The monoisotopic (exact) mass is 340 g/mol. The van der Waals surface area contributed by atoms with Crippen LogP contribution in [0.15, 0.2) is 70.8 Å². The summed E-state index contributed by atoms with van der Waals surface area (Å²) in [5.74, 6) is 0. The van der Waals surface area contributed by atoms with E-state index in [0.717, 1.165) is 28.3 Å². The molecule has 0 N–H and O–H groups in total. The van der Waals surface area contributed by atoms with Crippen molar-refractivity contribution in [3.05, 3.63) is 93.0 Å². The molecule has 1 aromatic heterocycles. The van der Waals surface area contributed by atoms with Crippen LogP contribution in [0.3, 0.4) is 0 Å². The molecule has 0 fully saturated rings. The summed E-state index contributed by atoms with van der Waals surface area (Å²) in [5, 5.41) is 4.00. The van der Waals surface area contributed by atoms with Gasteiger partial charge in [0, 0.05) is 21.4 Å². The maximum Gasteiger partial charge on any atom is 0.190 e. The van der Waals surface area contributed by atoms with E-state index in [1.165, 1.54) is 27.1 Å². The molecule has 4 aromatic rings. The molecule has 0 amide bonds. The van der Waals surface area contributed by atoms with Crippen molar-refractivity contribution in [2.45, 2.75) is 13.3 Å². The summed E-state index contributed by atoms with van der Waals surface area (Å²) in [5.41, 5.74) is 7.24. The van der Waals surface area contributed by atoms with Gasteiger partial charge in [-0.1, -0.05) is 54.6 Å². The number of rotatable bonds is 1. The second kappa shape index (κ2) is 5.40. The summed E-state index contributed by atoms with van der Waals surface area (Å²) >= 11 is 1.70. The first-order valence-electron chi connectivity index (χ1n) is 8.46. The van der Waals surface area contributed by atoms with Crippen LogP contribution in [0, 0.1) is 6.92 Å². The van der Waals surface area contributed by atoms with Crippen LogP contribution in [0.2, 0.25) is 0 Å². The lowest BCUT2D eigenvalue weighted by atomic mass is 9.98. The van der Waals surface area contributed by atoms with Crippen LogP contribution in [0.4, 0.5) is 0 Å². The first-order valence-corrected chi connectivity index (χ1v) is 9.34. The van der Waals surface area contributed by atoms with Crippen LogP contribution in [0.1, 0.15) is 16.7 Å². The molecule has 0 saturated carbocycles. The molecular formula is C23H16OS. The minimum absolute atomic E-state index is 0.144. The molecule has 1 aliphatic rings. The molecule has 5 rings (SSSR count). The van der Waals surface area contributed by atoms with Gasteiger partial charge in [-0.3, -0.25) is 4.79 Å². The molecule has 3 aromatic carbocycles. The molecule has 2 heteroatoms. The predicted molar refractivity (Wildman–Crippen MR) is 107 cm³/mol. The van der Waals surface area contributed by atoms with Gasteiger partial charge in [-0.2, -0.15) is 0 Å². The summed E-state index contributed by atoms with van der Waals surface area (Å²) in [7, 11) is 0. The summed E-state index contributed by atoms with van der Waals surface area (Å²) in [4.78, 5) is 14.4. The molecule has 0 spiro atoms. The highest BCUT2D eigenvalue weighted by atomic mass is 32.1. The lowest BCUT2D eigenvalue weighted by molar-refractivity contribution is 1.29. The standard InChI is InChI=1S/C23H16OS/c1-14-21(20-11-6-12-25-20)22-16-8-3-2-7-15(16)13-19(22)17-9-4-5-10-18(17)23(14)24/h2-12H,13H2,1H3. The molecule has 1 heterocycles. The maximum absolute atomic E-state index is 13.2.